The summed E-state index contributed by atoms with van der Waals surface area (Å²) >= 11 is 8.10. The number of carbonyl (C=O) groups excluding carboxylic acids is 1. The Morgan fingerprint density at radius 3 is 2.67 bits per heavy atom. The van der Waals surface area contributed by atoms with Crippen molar-refractivity contribution in [2.45, 2.75) is 6.54 Å². The van der Waals surface area contributed by atoms with E-state index in [4.69, 9.17) is 11.6 Å². The third kappa shape index (κ3) is 4.07. The van der Waals surface area contributed by atoms with Crippen LogP contribution in [0.5, 0.6) is 0 Å². The maximum absolute atomic E-state index is 13.7. The molecule has 21 heavy (non-hydrogen) atoms. The number of benzene rings is 2. The minimum Gasteiger partial charge on any atom is -0.323 e. The number of para-hydroxylation sites is 1. The summed E-state index contributed by atoms with van der Waals surface area (Å²) in [6, 6.07) is 11.6. The van der Waals surface area contributed by atoms with Crippen molar-refractivity contribution in [3.05, 3.63) is 62.4 Å². The second kappa shape index (κ2) is 7.09. The zero-order chi connectivity index (χ0) is 15.4. The quantitative estimate of drug-likeness (QED) is 0.717. The highest BCUT2D eigenvalue weighted by molar-refractivity contribution is 14.1. The molecule has 0 radical (unpaired) electrons. The number of amides is 2. The van der Waals surface area contributed by atoms with Gasteiger partial charge in [-0.25, -0.2) is 9.18 Å². The van der Waals surface area contributed by atoms with Crippen molar-refractivity contribution in [2.24, 2.45) is 0 Å². The second-order valence-electron chi connectivity index (χ2n) is 4.47. The molecule has 1 N–H and O–H groups in total. The first-order valence-electron chi connectivity index (χ1n) is 6.18. The maximum Gasteiger partial charge on any atom is 0.321 e. The highest BCUT2D eigenvalue weighted by Crippen LogP contribution is 2.21. The van der Waals surface area contributed by atoms with Crippen molar-refractivity contribution in [3.63, 3.8) is 0 Å². The van der Waals surface area contributed by atoms with Crippen LogP contribution in [-0.2, 0) is 6.54 Å². The van der Waals surface area contributed by atoms with Crippen LogP contribution in [0.2, 0.25) is 5.02 Å². The molecule has 0 unspecified atom stereocenters. The molecule has 2 amide bonds. The summed E-state index contributed by atoms with van der Waals surface area (Å²) in [7, 11) is 1.59. The van der Waals surface area contributed by atoms with Crippen LogP contribution in [-0.4, -0.2) is 18.0 Å². The fourth-order valence-corrected chi connectivity index (χ4v) is 2.51. The fourth-order valence-electron chi connectivity index (χ4n) is 1.77. The summed E-state index contributed by atoms with van der Waals surface area (Å²) in [4.78, 5) is 13.5. The van der Waals surface area contributed by atoms with Crippen LogP contribution >= 0.6 is 34.2 Å². The summed E-state index contributed by atoms with van der Waals surface area (Å²) in [6.07, 6.45) is 0. The third-order valence-electron chi connectivity index (χ3n) is 2.92. The van der Waals surface area contributed by atoms with E-state index in [9.17, 15) is 9.18 Å². The van der Waals surface area contributed by atoms with E-state index in [1.54, 1.807) is 13.1 Å². The summed E-state index contributed by atoms with van der Waals surface area (Å²) in [5.74, 6) is -0.420. The Bertz CT molecular complexity index is 646. The zero-order valence-corrected chi connectivity index (χ0v) is 14.2. The van der Waals surface area contributed by atoms with E-state index in [0.29, 0.717) is 10.6 Å². The number of anilines is 1. The van der Waals surface area contributed by atoms with Gasteiger partial charge in [0.25, 0.3) is 0 Å². The molecule has 3 nitrogen and oxygen atoms in total. The lowest BCUT2D eigenvalue weighted by atomic mass is 10.2. The van der Waals surface area contributed by atoms with Gasteiger partial charge in [0.05, 0.1) is 12.2 Å². The van der Waals surface area contributed by atoms with Crippen molar-refractivity contribution in [3.8, 4) is 0 Å². The first-order chi connectivity index (χ1) is 9.99. The van der Waals surface area contributed by atoms with Gasteiger partial charge in [0.15, 0.2) is 0 Å². The largest absolute Gasteiger partial charge is 0.323 e. The minimum atomic E-state index is -0.420. The standard InChI is InChI=1S/C15H13ClFIN2O/c1-20(9-10-11(16)5-4-6-12(10)17)15(21)19-14-8-3-2-7-13(14)18/h2-8H,9H2,1H3,(H,19,21). The molecule has 110 valence electrons. The van der Waals surface area contributed by atoms with Crippen molar-refractivity contribution in [2.75, 3.05) is 12.4 Å². The van der Waals surface area contributed by atoms with Gasteiger partial charge >= 0.3 is 6.03 Å². The van der Waals surface area contributed by atoms with E-state index in [2.05, 4.69) is 27.9 Å². The van der Waals surface area contributed by atoms with Crippen molar-refractivity contribution in [1.29, 1.82) is 0 Å². The predicted octanol–water partition coefficient (Wildman–Crippen LogP) is 4.75. The van der Waals surface area contributed by atoms with Gasteiger partial charge in [-0.05, 0) is 46.9 Å². The molecule has 0 fully saturated rings. The topological polar surface area (TPSA) is 32.3 Å². The van der Waals surface area contributed by atoms with Gasteiger partial charge in [-0.2, -0.15) is 0 Å². The lowest BCUT2D eigenvalue weighted by molar-refractivity contribution is 0.220. The molecular formula is C15H13ClFIN2O. The van der Waals surface area contributed by atoms with Gasteiger partial charge < -0.3 is 10.2 Å². The van der Waals surface area contributed by atoms with Gasteiger partial charge in [0.1, 0.15) is 5.82 Å². The fraction of sp³-hybridized carbons (Fsp3) is 0.133. The molecule has 0 aliphatic rings. The second-order valence-corrected chi connectivity index (χ2v) is 6.04. The number of halogens is 3. The number of nitrogens with one attached hydrogen (secondary N) is 1. The lowest BCUT2D eigenvalue weighted by Crippen LogP contribution is -2.31. The number of nitrogens with zero attached hydrogens (tertiary/aromatic N) is 1. The average molecular weight is 419 g/mol. The number of hydrogen-bond donors (Lipinski definition) is 1. The van der Waals surface area contributed by atoms with E-state index in [1.165, 1.54) is 17.0 Å². The molecule has 0 aliphatic heterocycles. The van der Waals surface area contributed by atoms with E-state index in [0.717, 1.165) is 9.26 Å². The molecular weight excluding hydrogens is 406 g/mol. The zero-order valence-electron chi connectivity index (χ0n) is 11.2. The number of carbonyl (C=O) groups is 1. The molecule has 2 aromatic carbocycles. The Balaban J connectivity index is 2.08. The van der Waals surface area contributed by atoms with E-state index >= 15 is 0 Å². The molecule has 2 aromatic rings. The van der Waals surface area contributed by atoms with Crippen LogP contribution in [0.4, 0.5) is 14.9 Å². The Morgan fingerprint density at radius 2 is 2.00 bits per heavy atom. The normalized spacial score (nSPS) is 10.3. The van der Waals surface area contributed by atoms with E-state index in [1.807, 2.05) is 24.3 Å². The van der Waals surface area contributed by atoms with Gasteiger partial charge in [-0.1, -0.05) is 29.8 Å². The van der Waals surface area contributed by atoms with Gasteiger partial charge in [0, 0.05) is 21.2 Å². The molecule has 0 aliphatic carbocycles. The van der Waals surface area contributed by atoms with Crippen LogP contribution in [0.25, 0.3) is 0 Å². The van der Waals surface area contributed by atoms with Crippen LogP contribution < -0.4 is 5.32 Å². The number of urea groups is 1. The van der Waals surface area contributed by atoms with Crippen LogP contribution in [0.3, 0.4) is 0 Å². The number of hydrogen-bond acceptors (Lipinski definition) is 1. The van der Waals surface area contributed by atoms with E-state index in [-0.39, 0.29) is 12.6 Å². The number of rotatable bonds is 3. The first kappa shape index (κ1) is 16.0. The first-order valence-corrected chi connectivity index (χ1v) is 7.64. The monoisotopic (exact) mass is 418 g/mol. The van der Waals surface area contributed by atoms with Crippen LogP contribution in [0.15, 0.2) is 42.5 Å². The minimum absolute atomic E-state index is 0.0980. The SMILES string of the molecule is CN(Cc1c(F)cccc1Cl)C(=O)Nc1ccccc1I. The highest BCUT2D eigenvalue weighted by Gasteiger charge is 2.15. The Morgan fingerprint density at radius 1 is 1.29 bits per heavy atom. The predicted molar refractivity (Wildman–Crippen MR) is 91.1 cm³/mol. The molecule has 0 atom stereocenters. The summed E-state index contributed by atoms with van der Waals surface area (Å²) in [5, 5.41) is 3.09. The van der Waals surface area contributed by atoms with Gasteiger partial charge in [-0.15, -0.1) is 0 Å². The van der Waals surface area contributed by atoms with Gasteiger partial charge in [0.2, 0.25) is 0 Å². The molecule has 0 saturated carbocycles. The average Bonchev–Trinajstić information content (AvgIpc) is 2.45. The molecule has 6 heteroatoms. The Kier molecular flexibility index (Phi) is 5.41. The summed E-state index contributed by atoms with van der Waals surface area (Å²) in [6.45, 7) is 0.0980. The highest BCUT2D eigenvalue weighted by atomic mass is 127. The van der Waals surface area contributed by atoms with Crippen molar-refractivity contribution >= 4 is 45.9 Å². The summed E-state index contributed by atoms with van der Waals surface area (Å²) in [5.41, 5.74) is 1.02. The van der Waals surface area contributed by atoms with Gasteiger partial charge in [-0.3, -0.25) is 0 Å². The van der Waals surface area contributed by atoms with Crippen molar-refractivity contribution in [1.82, 2.24) is 4.90 Å². The van der Waals surface area contributed by atoms with Crippen LogP contribution in [0.1, 0.15) is 5.56 Å². The Hall–Kier alpha value is -1.34. The summed E-state index contributed by atoms with van der Waals surface area (Å²) < 4.78 is 14.7. The third-order valence-corrected chi connectivity index (χ3v) is 4.21. The smallest absolute Gasteiger partial charge is 0.321 e. The van der Waals surface area contributed by atoms with Crippen molar-refractivity contribution < 1.29 is 9.18 Å². The molecule has 0 saturated heterocycles. The molecule has 2 rings (SSSR count). The van der Waals surface area contributed by atoms with Crippen LogP contribution in [0, 0.1) is 9.39 Å². The van der Waals surface area contributed by atoms with E-state index < -0.39 is 5.82 Å². The molecule has 0 heterocycles. The maximum atomic E-state index is 13.7. The molecule has 0 spiro atoms. The lowest BCUT2D eigenvalue weighted by Gasteiger charge is -2.19. The molecule has 0 aromatic heterocycles. The Labute approximate surface area is 141 Å². The molecule has 0 bridgehead atoms.